The van der Waals surface area contributed by atoms with Gasteiger partial charge in [-0.2, -0.15) is 13.2 Å². The number of carbonyl (C=O) groups is 2. The van der Waals surface area contributed by atoms with Gasteiger partial charge in [0.05, 0.1) is 16.9 Å². The lowest BCUT2D eigenvalue weighted by molar-refractivity contribution is -0.137. The van der Waals surface area contributed by atoms with Gasteiger partial charge >= 0.3 is 18.4 Å². The number of amides is 2. The molecule has 1 heterocycles. The van der Waals surface area contributed by atoms with Gasteiger partial charge in [0.1, 0.15) is 6.61 Å². The summed E-state index contributed by atoms with van der Waals surface area (Å²) in [7, 11) is 3.71. The number of aromatic nitrogens is 1. The molecule has 34 heavy (non-hydrogen) atoms. The normalized spacial score (nSPS) is 11.4. The van der Waals surface area contributed by atoms with Gasteiger partial charge in [-0.15, -0.1) is 11.3 Å². The molecule has 0 atom stereocenters. The first-order chi connectivity index (χ1) is 16.0. The summed E-state index contributed by atoms with van der Waals surface area (Å²) in [6.07, 6.45) is -6.72. The summed E-state index contributed by atoms with van der Waals surface area (Å²) < 4.78 is 44.3. The minimum absolute atomic E-state index is 0.0247. The lowest BCUT2D eigenvalue weighted by Gasteiger charge is -2.17. The Morgan fingerprint density at radius 1 is 1.15 bits per heavy atom. The third kappa shape index (κ3) is 6.45. The molecule has 0 saturated heterocycles. The van der Waals surface area contributed by atoms with Crippen LogP contribution in [0.4, 0.5) is 39.3 Å². The van der Waals surface area contributed by atoms with E-state index in [2.05, 4.69) is 10.3 Å². The number of thiazole rings is 1. The number of carbonyl (C=O) groups excluding carboxylic acids is 1. The standard InChI is InChI=1S/C22H21F3N4O4S/c1-28(2)9-10-33-20(30)26-16-7-3-5-14(11-16)18-13-34-19(27-18)29(21(31)32)17-8-4-6-15(12-17)22(23,24)25/h3-8,11-13H,9-10H2,1-2H3,(H,26,30)(H,31,32). The summed E-state index contributed by atoms with van der Waals surface area (Å²) in [5.74, 6) is 0. The molecule has 3 aromatic rings. The Bertz CT molecular complexity index is 1170. The van der Waals surface area contributed by atoms with Gasteiger partial charge < -0.3 is 14.7 Å². The second-order valence-electron chi connectivity index (χ2n) is 7.33. The number of alkyl halides is 3. The fourth-order valence-corrected chi connectivity index (χ4v) is 3.70. The van der Waals surface area contributed by atoms with E-state index in [1.807, 2.05) is 19.0 Å². The van der Waals surface area contributed by atoms with Gasteiger partial charge in [0.25, 0.3) is 0 Å². The Morgan fingerprint density at radius 3 is 2.56 bits per heavy atom. The van der Waals surface area contributed by atoms with Crippen LogP contribution in [-0.2, 0) is 10.9 Å². The van der Waals surface area contributed by atoms with E-state index in [0.29, 0.717) is 28.4 Å². The van der Waals surface area contributed by atoms with Crippen molar-refractivity contribution in [2.45, 2.75) is 6.18 Å². The van der Waals surface area contributed by atoms with Crippen LogP contribution in [-0.4, -0.2) is 54.4 Å². The first-order valence-corrected chi connectivity index (χ1v) is 10.8. The average Bonchev–Trinajstić information content (AvgIpc) is 3.23. The molecule has 0 saturated carbocycles. The molecule has 2 N–H and O–H groups in total. The zero-order chi connectivity index (χ0) is 24.9. The maximum Gasteiger partial charge on any atom is 0.418 e. The average molecular weight is 494 g/mol. The van der Waals surface area contributed by atoms with Crippen molar-refractivity contribution in [3.8, 4) is 11.3 Å². The molecule has 3 rings (SSSR count). The van der Waals surface area contributed by atoms with Gasteiger partial charge in [0.15, 0.2) is 5.13 Å². The Balaban J connectivity index is 1.81. The van der Waals surface area contributed by atoms with E-state index in [9.17, 15) is 27.9 Å². The molecule has 0 radical (unpaired) electrons. The van der Waals surface area contributed by atoms with Crippen LogP contribution in [0.15, 0.2) is 53.9 Å². The predicted molar refractivity (Wildman–Crippen MR) is 123 cm³/mol. The van der Waals surface area contributed by atoms with Crippen LogP contribution in [0.5, 0.6) is 0 Å². The van der Waals surface area contributed by atoms with Crippen LogP contribution in [0.3, 0.4) is 0 Å². The molecule has 180 valence electrons. The van der Waals surface area contributed by atoms with Crippen LogP contribution in [0.1, 0.15) is 5.56 Å². The Hall–Kier alpha value is -3.64. The van der Waals surface area contributed by atoms with Crippen molar-refractivity contribution in [2.24, 2.45) is 0 Å². The highest BCUT2D eigenvalue weighted by molar-refractivity contribution is 7.14. The predicted octanol–water partition coefficient (Wildman–Crippen LogP) is 5.76. The lowest BCUT2D eigenvalue weighted by atomic mass is 10.1. The number of rotatable bonds is 7. The van der Waals surface area contributed by atoms with Gasteiger partial charge in [0, 0.05) is 23.2 Å². The fraction of sp³-hybridized carbons (Fsp3) is 0.227. The molecule has 0 aliphatic heterocycles. The number of carboxylic acid groups (broad SMARTS) is 1. The number of nitrogens with one attached hydrogen (secondary N) is 1. The minimum Gasteiger partial charge on any atom is -0.464 e. The van der Waals surface area contributed by atoms with Crippen LogP contribution >= 0.6 is 11.3 Å². The van der Waals surface area contributed by atoms with E-state index in [0.717, 1.165) is 29.5 Å². The molecular formula is C22H21F3N4O4S. The number of nitrogens with zero attached hydrogens (tertiary/aromatic N) is 3. The molecule has 2 aromatic carbocycles. The third-order valence-corrected chi connectivity index (χ3v) is 5.31. The molecule has 8 nitrogen and oxygen atoms in total. The molecule has 0 aliphatic rings. The zero-order valence-electron chi connectivity index (χ0n) is 18.2. The number of benzene rings is 2. The minimum atomic E-state index is -4.62. The second kappa shape index (κ2) is 10.5. The first-order valence-electron chi connectivity index (χ1n) is 9.89. The van der Waals surface area contributed by atoms with Crippen molar-refractivity contribution in [1.29, 1.82) is 0 Å². The van der Waals surface area contributed by atoms with E-state index in [1.165, 1.54) is 6.07 Å². The van der Waals surface area contributed by atoms with Crippen LogP contribution < -0.4 is 10.2 Å². The molecule has 0 aliphatic carbocycles. The summed E-state index contributed by atoms with van der Waals surface area (Å²) in [5.41, 5.74) is 0.254. The highest BCUT2D eigenvalue weighted by Gasteiger charge is 2.32. The monoisotopic (exact) mass is 494 g/mol. The van der Waals surface area contributed by atoms with E-state index in [-0.39, 0.29) is 17.4 Å². The number of ether oxygens (including phenoxy) is 1. The van der Waals surface area contributed by atoms with Crippen molar-refractivity contribution >= 4 is 40.0 Å². The van der Waals surface area contributed by atoms with Crippen molar-refractivity contribution in [1.82, 2.24) is 9.88 Å². The Labute approximate surface area is 197 Å². The van der Waals surface area contributed by atoms with Gasteiger partial charge in [-0.25, -0.2) is 19.5 Å². The quantitative estimate of drug-likeness (QED) is 0.434. The summed E-state index contributed by atoms with van der Waals surface area (Å²) in [6.45, 7) is 0.787. The van der Waals surface area contributed by atoms with Crippen molar-refractivity contribution in [3.63, 3.8) is 0 Å². The van der Waals surface area contributed by atoms with Crippen LogP contribution in [0, 0.1) is 0 Å². The van der Waals surface area contributed by atoms with E-state index < -0.39 is 23.9 Å². The van der Waals surface area contributed by atoms with E-state index in [1.54, 1.807) is 29.6 Å². The smallest absolute Gasteiger partial charge is 0.418 e. The summed E-state index contributed by atoms with van der Waals surface area (Å²) in [5, 5.41) is 13.8. The number of halogens is 3. The molecule has 2 amide bonds. The molecule has 12 heteroatoms. The van der Waals surface area contributed by atoms with E-state index in [4.69, 9.17) is 4.74 Å². The Kier molecular flexibility index (Phi) is 7.74. The Morgan fingerprint density at radius 2 is 1.88 bits per heavy atom. The lowest BCUT2D eigenvalue weighted by Crippen LogP contribution is -2.24. The van der Waals surface area contributed by atoms with E-state index >= 15 is 0 Å². The largest absolute Gasteiger partial charge is 0.464 e. The number of hydrogen-bond donors (Lipinski definition) is 2. The molecule has 0 fully saturated rings. The zero-order valence-corrected chi connectivity index (χ0v) is 19.0. The molecular weight excluding hydrogens is 473 g/mol. The molecule has 0 spiro atoms. The maximum absolute atomic E-state index is 13.1. The highest BCUT2D eigenvalue weighted by Crippen LogP contribution is 2.36. The second-order valence-corrected chi connectivity index (χ2v) is 8.16. The molecule has 0 bridgehead atoms. The van der Waals surface area contributed by atoms with Crippen molar-refractivity contribution in [3.05, 3.63) is 59.5 Å². The van der Waals surface area contributed by atoms with Crippen molar-refractivity contribution in [2.75, 3.05) is 37.5 Å². The third-order valence-electron chi connectivity index (χ3n) is 4.48. The van der Waals surface area contributed by atoms with Gasteiger partial charge in [0.2, 0.25) is 0 Å². The highest BCUT2D eigenvalue weighted by atomic mass is 32.1. The summed E-state index contributed by atoms with van der Waals surface area (Å²) in [4.78, 5) is 30.7. The maximum atomic E-state index is 13.1. The van der Waals surface area contributed by atoms with Gasteiger partial charge in [-0.05, 0) is 44.4 Å². The fourth-order valence-electron chi connectivity index (χ4n) is 2.85. The topological polar surface area (TPSA) is 95.0 Å². The van der Waals surface area contributed by atoms with Crippen LogP contribution in [0.25, 0.3) is 11.3 Å². The number of anilines is 3. The van der Waals surface area contributed by atoms with Crippen molar-refractivity contribution < 1.29 is 32.6 Å². The summed E-state index contributed by atoms with van der Waals surface area (Å²) in [6, 6.07) is 10.7. The van der Waals surface area contributed by atoms with Crippen LogP contribution in [0.2, 0.25) is 0 Å². The number of hydrogen-bond acceptors (Lipinski definition) is 6. The van der Waals surface area contributed by atoms with Gasteiger partial charge in [-0.1, -0.05) is 18.2 Å². The first kappa shape index (κ1) is 25.0. The molecule has 1 aromatic heterocycles. The summed E-state index contributed by atoms with van der Waals surface area (Å²) >= 11 is 0.959. The molecule has 0 unspecified atom stereocenters. The number of likely N-dealkylation sites (N-methyl/N-ethyl adjacent to an activating group) is 1. The van der Waals surface area contributed by atoms with Gasteiger partial charge in [-0.3, -0.25) is 5.32 Å². The SMILES string of the molecule is CN(C)CCOC(=O)Nc1cccc(-c2csc(N(C(=O)O)c3cccc(C(F)(F)F)c3)n2)c1.